The summed E-state index contributed by atoms with van der Waals surface area (Å²) in [5, 5.41) is 4.77. The Labute approximate surface area is 137 Å². The maximum Gasteiger partial charge on any atom is 0.0484 e. The minimum atomic E-state index is 1.04. The fourth-order valence-corrected chi connectivity index (χ4v) is 3.51. The zero-order valence-electron chi connectivity index (χ0n) is 13.6. The summed E-state index contributed by atoms with van der Waals surface area (Å²) in [6, 6.07) is 17.6. The van der Waals surface area contributed by atoms with E-state index >= 15 is 0 Å². The van der Waals surface area contributed by atoms with Gasteiger partial charge in [0.2, 0.25) is 0 Å². The van der Waals surface area contributed by atoms with Gasteiger partial charge in [0, 0.05) is 62.4 Å². The second-order valence-corrected chi connectivity index (χ2v) is 6.40. The fourth-order valence-electron chi connectivity index (χ4n) is 3.51. The van der Waals surface area contributed by atoms with E-state index < -0.39 is 0 Å². The third kappa shape index (κ3) is 2.90. The molecule has 2 aromatic carbocycles. The lowest BCUT2D eigenvalue weighted by molar-refractivity contribution is 0.233. The standard InChI is InChI=1S/C20H23N3/c1-22-15-19(17-5-3-2-4-6-17)18-13-16(7-8-20(18)22)14-23-11-9-21-10-12-23/h2-8,13,15,21H,9-12,14H2,1H3. The molecule has 0 spiro atoms. The third-order valence-electron chi connectivity index (χ3n) is 4.75. The van der Waals surface area contributed by atoms with Gasteiger partial charge in [0.05, 0.1) is 0 Å². The minimum Gasteiger partial charge on any atom is -0.350 e. The molecule has 1 N–H and O–H groups in total. The van der Waals surface area contributed by atoms with Crippen molar-refractivity contribution in [1.82, 2.24) is 14.8 Å². The molecule has 1 aliphatic heterocycles. The molecule has 23 heavy (non-hydrogen) atoms. The zero-order valence-corrected chi connectivity index (χ0v) is 13.6. The molecule has 0 saturated carbocycles. The van der Waals surface area contributed by atoms with Gasteiger partial charge in [-0.1, -0.05) is 36.4 Å². The van der Waals surface area contributed by atoms with E-state index in [2.05, 4.69) is 76.6 Å². The highest BCUT2D eigenvalue weighted by Gasteiger charge is 2.12. The van der Waals surface area contributed by atoms with Crippen molar-refractivity contribution in [2.24, 2.45) is 7.05 Å². The highest BCUT2D eigenvalue weighted by Crippen LogP contribution is 2.31. The summed E-state index contributed by atoms with van der Waals surface area (Å²) < 4.78 is 2.23. The Morgan fingerprint density at radius 2 is 1.78 bits per heavy atom. The van der Waals surface area contributed by atoms with Gasteiger partial charge in [0.15, 0.2) is 0 Å². The van der Waals surface area contributed by atoms with Crippen molar-refractivity contribution in [2.75, 3.05) is 26.2 Å². The van der Waals surface area contributed by atoms with E-state index in [9.17, 15) is 0 Å². The van der Waals surface area contributed by atoms with Gasteiger partial charge >= 0.3 is 0 Å². The minimum absolute atomic E-state index is 1.04. The maximum atomic E-state index is 3.42. The number of hydrogen-bond donors (Lipinski definition) is 1. The molecule has 0 aliphatic carbocycles. The summed E-state index contributed by atoms with van der Waals surface area (Å²) in [5.74, 6) is 0. The Kier molecular flexibility index (Phi) is 3.90. The van der Waals surface area contributed by atoms with Crippen LogP contribution in [0.2, 0.25) is 0 Å². The normalized spacial score (nSPS) is 16.0. The van der Waals surface area contributed by atoms with Crippen molar-refractivity contribution in [3.63, 3.8) is 0 Å². The Hall–Kier alpha value is -2.10. The molecular weight excluding hydrogens is 282 g/mol. The van der Waals surface area contributed by atoms with Gasteiger partial charge in [-0.2, -0.15) is 0 Å². The van der Waals surface area contributed by atoms with Gasteiger partial charge in [0.25, 0.3) is 0 Å². The van der Waals surface area contributed by atoms with Crippen LogP contribution in [0, 0.1) is 0 Å². The Bertz CT molecular complexity index is 798. The van der Waals surface area contributed by atoms with Crippen molar-refractivity contribution >= 4 is 10.9 Å². The van der Waals surface area contributed by atoms with Crippen molar-refractivity contribution < 1.29 is 0 Å². The summed E-state index contributed by atoms with van der Waals surface area (Å²) >= 11 is 0. The average Bonchev–Trinajstić information content (AvgIpc) is 2.93. The van der Waals surface area contributed by atoms with E-state index in [1.54, 1.807) is 0 Å². The largest absolute Gasteiger partial charge is 0.350 e. The molecule has 118 valence electrons. The summed E-state index contributed by atoms with van der Waals surface area (Å²) in [6.07, 6.45) is 2.24. The molecule has 1 fully saturated rings. The first-order chi connectivity index (χ1) is 11.3. The lowest BCUT2D eigenvalue weighted by Crippen LogP contribution is -2.42. The molecule has 0 atom stereocenters. The quantitative estimate of drug-likeness (QED) is 0.801. The van der Waals surface area contributed by atoms with Crippen LogP contribution in [0.1, 0.15) is 5.56 Å². The molecule has 1 aliphatic rings. The van der Waals surface area contributed by atoms with Crippen LogP contribution in [0.4, 0.5) is 0 Å². The van der Waals surface area contributed by atoms with E-state index in [1.807, 2.05) is 0 Å². The smallest absolute Gasteiger partial charge is 0.0484 e. The van der Waals surface area contributed by atoms with Crippen LogP contribution in [-0.4, -0.2) is 35.6 Å². The Balaban J connectivity index is 1.72. The number of rotatable bonds is 3. The average molecular weight is 305 g/mol. The zero-order chi connectivity index (χ0) is 15.6. The van der Waals surface area contributed by atoms with E-state index in [0.29, 0.717) is 0 Å². The molecule has 3 heteroatoms. The van der Waals surface area contributed by atoms with Crippen molar-refractivity contribution in [3.05, 3.63) is 60.3 Å². The van der Waals surface area contributed by atoms with E-state index in [4.69, 9.17) is 0 Å². The van der Waals surface area contributed by atoms with Gasteiger partial charge < -0.3 is 9.88 Å². The number of nitrogens with one attached hydrogen (secondary N) is 1. The first-order valence-corrected chi connectivity index (χ1v) is 8.38. The molecule has 0 unspecified atom stereocenters. The molecule has 1 saturated heterocycles. The predicted molar refractivity (Wildman–Crippen MR) is 96.5 cm³/mol. The van der Waals surface area contributed by atoms with Crippen LogP contribution in [-0.2, 0) is 13.6 Å². The van der Waals surface area contributed by atoms with Crippen LogP contribution in [0.5, 0.6) is 0 Å². The number of benzene rings is 2. The SMILES string of the molecule is Cn1cc(-c2ccccc2)c2cc(CN3CCNCC3)ccc21. The molecule has 3 aromatic rings. The molecule has 0 amide bonds. The second-order valence-electron chi connectivity index (χ2n) is 6.40. The van der Waals surface area contributed by atoms with E-state index in [0.717, 1.165) is 32.7 Å². The first kappa shape index (κ1) is 14.5. The predicted octanol–water partition coefficient (Wildman–Crippen LogP) is 3.25. The molecule has 0 bridgehead atoms. The number of aromatic nitrogens is 1. The summed E-state index contributed by atoms with van der Waals surface area (Å²) in [4.78, 5) is 2.53. The highest BCUT2D eigenvalue weighted by molar-refractivity contribution is 5.96. The highest BCUT2D eigenvalue weighted by atomic mass is 15.2. The topological polar surface area (TPSA) is 20.2 Å². The Morgan fingerprint density at radius 3 is 2.57 bits per heavy atom. The second kappa shape index (κ2) is 6.19. The maximum absolute atomic E-state index is 3.42. The van der Waals surface area contributed by atoms with Crippen LogP contribution in [0.3, 0.4) is 0 Å². The monoisotopic (exact) mass is 305 g/mol. The van der Waals surface area contributed by atoms with Gasteiger partial charge in [-0.25, -0.2) is 0 Å². The number of fused-ring (bicyclic) bond motifs is 1. The number of nitrogens with zero attached hydrogens (tertiary/aromatic N) is 2. The van der Waals surface area contributed by atoms with Gasteiger partial charge in [-0.05, 0) is 23.3 Å². The first-order valence-electron chi connectivity index (χ1n) is 8.38. The summed E-state index contributed by atoms with van der Waals surface area (Å²) in [6.45, 7) is 5.52. The van der Waals surface area contributed by atoms with Gasteiger partial charge in [-0.3, -0.25) is 4.90 Å². The van der Waals surface area contributed by atoms with Gasteiger partial charge in [-0.15, -0.1) is 0 Å². The van der Waals surface area contributed by atoms with Crippen molar-refractivity contribution in [1.29, 1.82) is 0 Å². The lowest BCUT2D eigenvalue weighted by Gasteiger charge is -2.27. The molecule has 1 aromatic heterocycles. The van der Waals surface area contributed by atoms with Crippen LogP contribution in [0.15, 0.2) is 54.7 Å². The fraction of sp³-hybridized carbons (Fsp3) is 0.300. The number of hydrogen-bond acceptors (Lipinski definition) is 2. The van der Waals surface area contributed by atoms with E-state index in [1.165, 1.54) is 27.6 Å². The van der Waals surface area contributed by atoms with Crippen molar-refractivity contribution in [2.45, 2.75) is 6.54 Å². The third-order valence-corrected chi connectivity index (χ3v) is 4.75. The van der Waals surface area contributed by atoms with Crippen LogP contribution >= 0.6 is 0 Å². The molecule has 0 radical (unpaired) electrons. The molecule has 3 nitrogen and oxygen atoms in total. The molecule has 2 heterocycles. The lowest BCUT2D eigenvalue weighted by atomic mass is 10.0. The molecule has 4 rings (SSSR count). The van der Waals surface area contributed by atoms with Crippen LogP contribution < -0.4 is 5.32 Å². The van der Waals surface area contributed by atoms with Gasteiger partial charge in [0.1, 0.15) is 0 Å². The summed E-state index contributed by atoms with van der Waals surface area (Å²) in [5.41, 5.74) is 5.32. The number of piperazine rings is 1. The summed E-state index contributed by atoms with van der Waals surface area (Å²) in [7, 11) is 2.13. The number of aryl methyl sites for hydroxylation is 1. The Morgan fingerprint density at radius 1 is 1.00 bits per heavy atom. The van der Waals surface area contributed by atoms with E-state index in [-0.39, 0.29) is 0 Å². The van der Waals surface area contributed by atoms with Crippen LogP contribution in [0.25, 0.3) is 22.0 Å². The molecular formula is C20H23N3. The van der Waals surface area contributed by atoms with Crippen molar-refractivity contribution in [3.8, 4) is 11.1 Å².